The Kier molecular flexibility index (Phi) is 4.81. The molecule has 5 heteroatoms. The molecule has 1 aliphatic carbocycles. The lowest BCUT2D eigenvalue weighted by atomic mass is 10.2. The van der Waals surface area contributed by atoms with Crippen molar-refractivity contribution in [3.05, 3.63) is 15.9 Å². The first-order valence-corrected chi connectivity index (χ1v) is 7.43. The van der Waals surface area contributed by atoms with Crippen LogP contribution in [0.25, 0.3) is 0 Å². The Morgan fingerprint density at radius 2 is 2.28 bits per heavy atom. The van der Waals surface area contributed by atoms with Crippen LogP contribution in [0.1, 0.15) is 37.6 Å². The van der Waals surface area contributed by atoms with E-state index in [0.717, 1.165) is 23.1 Å². The van der Waals surface area contributed by atoms with Crippen molar-refractivity contribution < 1.29 is 4.74 Å². The van der Waals surface area contributed by atoms with Crippen molar-refractivity contribution in [1.29, 1.82) is 0 Å². The Balaban J connectivity index is 1.99. The molecule has 1 fully saturated rings. The number of aryl methyl sites for hydroxylation is 2. The van der Waals surface area contributed by atoms with Gasteiger partial charge >= 0.3 is 0 Å². The number of methoxy groups -OCH3 is 1. The largest absolute Gasteiger partial charge is 0.380 e. The quantitative estimate of drug-likeness (QED) is 0.907. The van der Waals surface area contributed by atoms with Crippen molar-refractivity contribution >= 4 is 15.9 Å². The molecule has 0 saturated heterocycles. The molecule has 2 atom stereocenters. The fourth-order valence-electron chi connectivity index (χ4n) is 2.68. The summed E-state index contributed by atoms with van der Waals surface area (Å²) in [5.41, 5.74) is 2.35. The molecule has 102 valence electrons. The zero-order chi connectivity index (χ0) is 13.1. The smallest absolute Gasteiger partial charge is 0.0767 e. The van der Waals surface area contributed by atoms with Crippen molar-refractivity contribution in [1.82, 2.24) is 15.1 Å². The van der Waals surface area contributed by atoms with E-state index >= 15 is 0 Å². The second-order valence-corrected chi connectivity index (χ2v) is 5.67. The van der Waals surface area contributed by atoms with Gasteiger partial charge in [0.1, 0.15) is 0 Å². The fraction of sp³-hybridized carbons (Fsp3) is 0.769. The molecule has 1 aromatic heterocycles. The van der Waals surface area contributed by atoms with Crippen molar-refractivity contribution in [2.45, 2.75) is 51.3 Å². The zero-order valence-corrected chi connectivity index (χ0v) is 13.0. The molecular formula is C13H22BrN3O. The fourth-order valence-corrected chi connectivity index (χ4v) is 3.44. The SMILES string of the molecule is CCc1nn(C)c(CNC2CCCC2OC)c1Br. The Morgan fingerprint density at radius 1 is 1.50 bits per heavy atom. The van der Waals surface area contributed by atoms with Gasteiger partial charge in [-0.3, -0.25) is 4.68 Å². The average Bonchev–Trinajstić information content (AvgIpc) is 2.92. The number of ether oxygens (including phenoxy) is 1. The lowest BCUT2D eigenvalue weighted by molar-refractivity contribution is 0.0845. The van der Waals surface area contributed by atoms with Crippen molar-refractivity contribution in [3.63, 3.8) is 0 Å². The number of hydrogen-bond acceptors (Lipinski definition) is 3. The molecule has 1 saturated carbocycles. The van der Waals surface area contributed by atoms with Crippen LogP contribution in [0.4, 0.5) is 0 Å². The molecule has 1 heterocycles. The molecule has 18 heavy (non-hydrogen) atoms. The van der Waals surface area contributed by atoms with E-state index in [4.69, 9.17) is 4.74 Å². The second-order valence-electron chi connectivity index (χ2n) is 4.88. The number of rotatable bonds is 5. The summed E-state index contributed by atoms with van der Waals surface area (Å²) in [5, 5.41) is 8.11. The predicted molar refractivity (Wildman–Crippen MR) is 75.6 cm³/mol. The molecule has 0 bridgehead atoms. The maximum atomic E-state index is 5.50. The van der Waals surface area contributed by atoms with Gasteiger partial charge in [-0.25, -0.2) is 0 Å². The summed E-state index contributed by atoms with van der Waals surface area (Å²) < 4.78 is 8.61. The van der Waals surface area contributed by atoms with Crippen LogP contribution in [0.15, 0.2) is 4.47 Å². The number of halogens is 1. The standard InChI is InChI=1S/C13H22BrN3O/c1-4-9-13(14)11(17(2)16-9)8-15-10-6-5-7-12(10)18-3/h10,12,15H,4-8H2,1-3H3. The van der Waals surface area contributed by atoms with E-state index in [2.05, 4.69) is 33.3 Å². The molecule has 1 aliphatic rings. The molecule has 2 unspecified atom stereocenters. The van der Waals surface area contributed by atoms with E-state index in [-0.39, 0.29) is 0 Å². The topological polar surface area (TPSA) is 39.1 Å². The van der Waals surface area contributed by atoms with Crippen LogP contribution < -0.4 is 5.32 Å². The van der Waals surface area contributed by atoms with Gasteiger partial charge in [0.2, 0.25) is 0 Å². The van der Waals surface area contributed by atoms with Gasteiger partial charge in [-0.05, 0) is 41.6 Å². The molecule has 0 aliphatic heterocycles. The van der Waals surface area contributed by atoms with Crippen LogP contribution in [-0.4, -0.2) is 29.0 Å². The van der Waals surface area contributed by atoms with Gasteiger partial charge in [-0.2, -0.15) is 5.10 Å². The lowest BCUT2D eigenvalue weighted by Gasteiger charge is -2.19. The Morgan fingerprint density at radius 3 is 2.89 bits per heavy atom. The summed E-state index contributed by atoms with van der Waals surface area (Å²) in [6.07, 6.45) is 4.94. The first kappa shape index (κ1) is 14.0. The average molecular weight is 316 g/mol. The molecule has 0 spiro atoms. The molecule has 0 amide bonds. The second kappa shape index (κ2) is 6.17. The number of nitrogens with one attached hydrogen (secondary N) is 1. The Labute approximate surface area is 117 Å². The highest BCUT2D eigenvalue weighted by Crippen LogP contribution is 2.24. The highest BCUT2D eigenvalue weighted by atomic mass is 79.9. The van der Waals surface area contributed by atoms with Gasteiger partial charge in [0.15, 0.2) is 0 Å². The number of aromatic nitrogens is 2. The lowest BCUT2D eigenvalue weighted by Crippen LogP contribution is -2.36. The third-order valence-electron chi connectivity index (χ3n) is 3.79. The molecule has 1 N–H and O–H groups in total. The number of nitrogens with zero attached hydrogens (tertiary/aromatic N) is 2. The normalized spacial score (nSPS) is 23.8. The molecule has 2 rings (SSSR count). The van der Waals surface area contributed by atoms with Crippen LogP contribution >= 0.6 is 15.9 Å². The predicted octanol–water partition coefficient (Wildman–Crippen LogP) is 2.40. The minimum atomic E-state index is 0.364. The summed E-state index contributed by atoms with van der Waals surface area (Å²) in [5.74, 6) is 0. The van der Waals surface area contributed by atoms with Crippen LogP contribution in [0.5, 0.6) is 0 Å². The van der Waals surface area contributed by atoms with Gasteiger partial charge in [-0.1, -0.05) is 6.92 Å². The zero-order valence-electron chi connectivity index (χ0n) is 11.4. The van der Waals surface area contributed by atoms with E-state index < -0.39 is 0 Å². The molecule has 4 nitrogen and oxygen atoms in total. The van der Waals surface area contributed by atoms with Gasteiger partial charge in [0.25, 0.3) is 0 Å². The van der Waals surface area contributed by atoms with Crippen molar-refractivity contribution in [2.75, 3.05) is 7.11 Å². The first-order valence-electron chi connectivity index (χ1n) is 6.63. The van der Waals surface area contributed by atoms with Gasteiger partial charge in [0.05, 0.1) is 22.0 Å². The van der Waals surface area contributed by atoms with Gasteiger partial charge < -0.3 is 10.1 Å². The van der Waals surface area contributed by atoms with E-state index in [1.165, 1.54) is 25.0 Å². The first-order chi connectivity index (χ1) is 8.67. The maximum Gasteiger partial charge on any atom is 0.0767 e. The summed E-state index contributed by atoms with van der Waals surface area (Å²) in [6, 6.07) is 0.474. The summed E-state index contributed by atoms with van der Waals surface area (Å²) in [7, 11) is 3.81. The summed E-state index contributed by atoms with van der Waals surface area (Å²) in [6.45, 7) is 2.97. The minimum Gasteiger partial charge on any atom is -0.380 e. The monoisotopic (exact) mass is 315 g/mol. The van der Waals surface area contributed by atoms with Gasteiger partial charge in [0, 0.05) is 26.7 Å². The van der Waals surface area contributed by atoms with Crippen LogP contribution in [0.3, 0.4) is 0 Å². The van der Waals surface area contributed by atoms with Crippen molar-refractivity contribution in [2.24, 2.45) is 7.05 Å². The van der Waals surface area contributed by atoms with E-state index in [0.29, 0.717) is 12.1 Å². The van der Waals surface area contributed by atoms with Crippen LogP contribution in [0, 0.1) is 0 Å². The van der Waals surface area contributed by atoms with Crippen LogP contribution in [0.2, 0.25) is 0 Å². The molecule has 1 aromatic rings. The van der Waals surface area contributed by atoms with Crippen LogP contribution in [-0.2, 0) is 24.8 Å². The highest BCUT2D eigenvalue weighted by Gasteiger charge is 2.27. The minimum absolute atomic E-state index is 0.364. The van der Waals surface area contributed by atoms with Gasteiger partial charge in [-0.15, -0.1) is 0 Å². The number of hydrogen-bond donors (Lipinski definition) is 1. The molecule has 0 aromatic carbocycles. The summed E-state index contributed by atoms with van der Waals surface area (Å²) in [4.78, 5) is 0. The van der Waals surface area contributed by atoms with E-state index in [9.17, 15) is 0 Å². The van der Waals surface area contributed by atoms with Crippen molar-refractivity contribution in [3.8, 4) is 0 Å². The third kappa shape index (κ3) is 2.78. The van der Waals surface area contributed by atoms with E-state index in [1.54, 1.807) is 7.11 Å². The molecular weight excluding hydrogens is 294 g/mol. The van der Waals surface area contributed by atoms with E-state index in [1.807, 2.05) is 11.7 Å². The third-order valence-corrected chi connectivity index (χ3v) is 4.71. The highest BCUT2D eigenvalue weighted by molar-refractivity contribution is 9.10. The summed E-state index contributed by atoms with van der Waals surface area (Å²) >= 11 is 3.65. The molecule has 0 radical (unpaired) electrons. The Hall–Kier alpha value is -0.390. The maximum absolute atomic E-state index is 5.50. The Bertz CT molecular complexity index is 405.